The summed E-state index contributed by atoms with van der Waals surface area (Å²) in [5.74, 6) is -3.45. The first-order valence-electron chi connectivity index (χ1n) is 19.1. The summed E-state index contributed by atoms with van der Waals surface area (Å²) in [5.41, 5.74) is 3.07. The van der Waals surface area contributed by atoms with Gasteiger partial charge in [-0.1, -0.05) is 19.9 Å². The Morgan fingerprint density at radius 2 is 1.62 bits per heavy atom. The van der Waals surface area contributed by atoms with Crippen molar-refractivity contribution in [2.45, 2.75) is 120 Å². The van der Waals surface area contributed by atoms with E-state index in [1.807, 2.05) is 27.1 Å². The summed E-state index contributed by atoms with van der Waals surface area (Å²) >= 11 is 0. The van der Waals surface area contributed by atoms with Crippen molar-refractivity contribution in [2.75, 3.05) is 39.8 Å². The second kappa shape index (κ2) is 12.9. The van der Waals surface area contributed by atoms with Crippen LogP contribution in [0.15, 0.2) is 35.1 Å². The van der Waals surface area contributed by atoms with Gasteiger partial charge in [0.1, 0.15) is 0 Å². The molecule has 12 heteroatoms. The molecule has 4 atom stereocenters. The van der Waals surface area contributed by atoms with Crippen molar-refractivity contribution in [1.82, 2.24) is 19.7 Å². The standard InChI is InChI=1S/C40H49F6N5O/c1-38(2)18-30-33(31(52)19-38)32(23-9-12-39(42,43)13-10-23)34-35(41)26-8-7-24(40(44,45)46)17-28(26)29-22-51(16-11-27(29)36(34)48-30)37-47-20-25(21-49(37)3)50-14-5-4-6-15-50/h7-8,17,20,23,27,29,31,35,52H,4-6,9-16,18-19,21-22H2,1-3H3. The number of guanidine groups is 1. The number of benzene rings is 1. The van der Waals surface area contributed by atoms with E-state index in [0.29, 0.717) is 67.0 Å². The molecule has 3 aliphatic carbocycles. The number of aliphatic imine (C=N–C) groups is 1. The quantitative estimate of drug-likeness (QED) is 0.313. The van der Waals surface area contributed by atoms with E-state index in [1.165, 1.54) is 12.5 Å². The Bertz CT molecular complexity index is 1770. The van der Waals surface area contributed by atoms with E-state index in [4.69, 9.17) is 9.98 Å². The third-order valence-corrected chi connectivity index (χ3v) is 12.7. The number of rotatable bonds is 2. The van der Waals surface area contributed by atoms with Crippen LogP contribution in [0.1, 0.15) is 146 Å². The van der Waals surface area contributed by atoms with Crippen molar-refractivity contribution in [2.24, 2.45) is 10.4 Å². The summed E-state index contributed by atoms with van der Waals surface area (Å²) in [6, 6.07) is 3.33. The maximum Gasteiger partial charge on any atom is 0.416 e. The number of aliphatic hydroxyl groups is 1. The number of aromatic nitrogens is 1. The van der Waals surface area contributed by atoms with E-state index in [-0.39, 0.29) is 42.2 Å². The summed E-state index contributed by atoms with van der Waals surface area (Å²) < 4.78 is 89.6. The van der Waals surface area contributed by atoms with Crippen LogP contribution >= 0.6 is 0 Å². The number of hydrogen-bond acceptors (Lipinski definition) is 6. The number of halogens is 6. The molecule has 4 unspecified atom stereocenters. The molecular formula is C40H49F6N5O. The summed E-state index contributed by atoms with van der Waals surface area (Å²) in [6.07, 6.45) is -0.917. The first-order valence-corrected chi connectivity index (χ1v) is 19.1. The lowest BCUT2D eigenvalue weighted by atomic mass is 9.68. The van der Waals surface area contributed by atoms with Crippen molar-refractivity contribution < 1.29 is 31.4 Å². The lowest BCUT2D eigenvalue weighted by Crippen LogP contribution is -2.50. The molecule has 0 amide bonds. The summed E-state index contributed by atoms with van der Waals surface area (Å²) in [7, 11) is 1.98. The van der Waals surface area contributed by atoms with Crippen LogP contribution < -0.4 is 0 Å². The zero-order valence-corrected chi connectivity index (χ0v) is 30.3. The minimum Gasteiger partial charge on any atom is -0.388 e. The molecule has 3 fully saturated rings. The monoisotopic (exact) mass is 729 g/mol. The fourth-order valence-electron chi connectivity index (χ4n) is 10.2. The molecule has 8 rings (SSSR count). The predicted molar refractivity (Wildman–Crippen MR) is 187 cm³/mol. The smallest absolute Gasteiger partial charge is 0.388 e. The van der Waals surface area contributed by atoms with E-state index in [9.17, 15) is 27.1 Å². The lowest BCUT2D eigenvalue weighted by molar-refractivity contribution is -0.137. The van der Waals surface area contributed by atoms with Gasteiger partial charge in [0.05, 0.1) is 35.8 Å². The molecule has 2 saturated heterocycles. The van der Waals surface area contributed by atoms with Crippen molar-refractivity contribution in [3.8, 4) is 0 Å². The lowest BCUT2D eigenvalue weighted by Gasteiger charge is -2.44. The van der Waals surface area contributed by atoms with Crippen molar-refractivity contribution in [3.05, 3.63) is 74.9 Å². The first-order chi connectivity index (χ1) is 24.6. The minimum absolute atomic E-state index is 0.138. The Labute approximate surface area is 302 Å². The van der Waals surface area contributed by atoms with Gasteiger partial charge in [-0.05, 0) is 91.5 Å². The van der Waals surface area contributed by atoms with Crippen LogP contribution in [0.3, 0.4) is 0 Å². The molecule has 0 radical (unpaired) electrons. The topological polar surface area (TPSA) is 55.2 Å². The van der Waals surface area contributed by atoms with Gasteiger partial charge in [0, 0.05) is 74.7 Å². The highest BCUT2D eigenvalue weighted by Crippen LogP contribution is 2.56. The molecule has 52 heavy (non-hydrogen) atoms. The van der Waals surface area contributed by atoms with Gasteiger partial charge in [0.15, 0.2) is 6.17 Å². The molecule has 1 saturated carbocycles. The van der Waals surface area contributed by atoms with E-state index in [1.54, 1.807) is 0 Å². The molecule has 1 aromatic heterocycles. The predicted octanol–water partition coefficient (Wildman–Crippen LogP) is 8.97. The summed E-state index contributed by atoms with van der Waals surface area (Å²) in [6.45, 7) is 7.62. The number of fused-ring (bicyclic) bond motifs is 6. The van der Waals surface area contributed by atoms with Gasteiger partial charge in [-0.3, -0.25) is 4.98 Å². The number of piperidine rings is 2. The summed E-state index contributed by atoms with van der Waals surface area (Å²) in [4.78, 5) is 16.7. The van der Waals surface area contributed by atoms with Crippen molar-refractivity contribution in [1.29, 1.82) is 0 Å². The van der Waals surface area contributed by atoms with Gasteiger partial charge in [-0.2, -0.15) is 13.2 Å². The molecule has 2 aromatic rings. The van der Waals surface area contributed by atoms with E-state index in [0.717, 1.165) is 49.7 Å². The number of pyridine rings is 1. The molecule has 6 nitrogen and oxygen atoms in total. The number of aliphatic hydroxyl groups excluding tert-OH is 1. The highest BCUT2D eigenvalue weighted by atomic mass is 19.4. The van der Waals surface area contributed by atoms with Gasteiger partial charge < -0.3 is 19.8 Å². The second-order valence-corrected chi connectivity index (χ2v) is 17.0. The summed E-state index contributed by atoms with van der Waals surface area (Å²) in [5, 5.41) is 11.7. The van der Waals surface area contributed by atoms with Crippen molar-refractivity contribution in [3.63, 3.8) is 0 Å². The zero-order chi connectivity index (χ0) is 36.7. The molecular weight excluding hydrogens is 680 g/mol. The highest BCUT2D eigenvalue weighted by molar-refractivity contribution is 5.82. The van der Waals surface area contributed by atoms with Crippen LogP contribution in [0, 0.1) is 5.41 Å². The number of likely N-dealkylation sites (tertiary alicyclic amines) is 2. The van der Waals surface area contributed by atoms with Gasteiger partial charge in [0.25, 0.3) is 0 Å². The average molecular weight is 730 g/mol. The third kappa shape index (κ3) is 6.38. The van der Waals surface area contributed by atoms with E-state index >= 15 is 4.39 Å². The van der Waals surface area contributed by atoms with Gasteiger partial charge >= 0.3 is 6.18 Å². The molecule has 282 valence electrons. The minimum atomic E-state index is -4.63. The first kappa shape index (κ1) is 35.7. The van der Waals surface area contributed by atoms with Crippen LogP contribution in [0.2, 0.25) is 0 Å². The van der Waals surface area contributed by atoms with E-state index < -0.39 is 47.7 Å². The van der Waals surface area contributed by atoms with Gasteiger partial charge in [-0.15, -0.1) is 0 Å². The number of hydrogen-bond donors (Lipinski definition) is 1. The van der Waals surface area contributed by atoms with Crippen LogP contribution in [0.25, 0.3) is 0 Å². The number of nitrogens with zero attached hydrogens (tertiary/aromatic N) is 5. The second-order valence-electron chi connectivity index (χ2n) is 17.0. The van der Waals surface area contributed by atoms with Crippen LogP contribution in [-0.4, -0.2) is 76.4 Å². The Kier molecular flexibility index (Phi) is 8.89. The Balaban J connectivity index is 1.27. The number of likely N-dealkylation sites (N-methyl/N-ethyl adjacent to an activating group) is 1. The molecule has 1 N–H and O–H groups in total. The largest absolute Gasteiger partial charge is 0.416 e. The maximum absolute atomic E-state index is 17.6. The zero-order valence-electron chi connectivity index (χ0n) is 30.3. The molecule has 1 aromatic carbocycles. The third-order valence-electron chi connectivity index (χ3n) is 12.7. The normalized spacial score (nSPS) is 28.9. The van der Waals surface area contributed by atoms with Crippen LogP contribution in [0.5, 0.6) is 0 Å². The molecule has 0 bridgehead atoms. The molecule has 4 heterocycles. The SMILES string of the molecule is CN1CC(N2CCCCC2)=CN=C1N1CCC2c3nc4c(c(C5CCC(F)(F)CC5)c3C(F)c3ccc(C(F)(F)F)cc3C2C1)C(O)CC(C)(C)C4. The fraction of sp³-hybridized carbons (Fsp3) is 0.650. The van der Waals surface area contributed by atoms with Crippen LogP contribution in [0.4, 0.5) is 26.3 Å². The Hall–Kier alpha value is -3.28. The average Bonchev–Trinajstić information content (AvgIpc) is 3.19. The van der Waals surface area contributed by atoms with E-state index in [2.05, 4.69) is 14.7 Å². The van der Waals surface area contributed by atoms with Crippen molar-refractivity contribution >= 4 is 5.96 Å². The highest BCUT2D eigenvalue weighted by Gasteiger charge is 2.48. The fourth-order valence-corrected chi connectivity index (χ4v) is 10.2. The maximum atomic E-state index is 17.6. The molecule has 6 aliphatic rings. The molecule has 0 spiro atoms. The van der Waals surface area contributed by atoms with Gasteiger partial charge in [-0.25, -0.2) is 18.2 Å². The number of alkyl halides is 6. The molecule has 3 aliphatic heterocycles. The van der Waals surface area contributed by atoms with Crippen LogP contribution in [-0.2, 0) is 12.6 Å². The Morgan fingerprint density at radius 1 is 0.885 bits per heavy atom. The Morgan fingerprint density at radius 3 is 2.31 bits per heavy atom. The van der Waals surface area contributed by atoms with Gasteiger partial charge in [0.2, 0.25) is 11.9 Å².